The molecule has 0 saturated heterocycles. The van der Waals surface area contributed by atoms with E-state index in [0.29, 0.717) is 18.0 Å². The lowest BCUT2D eigenvalue weighted by Gasteiger charge is -2.29. The highest BCUT2D eigenvalue weighted by Crippen LogP contribution is 2.28. The molecule has 0 aliphatic heterocycles. The van der Waals surface area contributed by atoms with Crippen molar-refractivity contribution in [3.05, 3.63) is 65.2 Å². The van der Waals surface area contributed by atoms with Crippen LogP contribution < -0.4 is 16.0 Å². The van der Waals surface area contributed by atoms with Gasteiger partial charge in [0, 0.05) is 19.2 Å². The predicted molar refractivity (Wildman–Crippen MR) is 131 cm³/mol. The molecule has 184 valence electrons. The van der Waals surface area contributed by atoms with Crippen LogP contribution in [0.1, 0.15) is 64.4 Å². The van der Waals surface area contributed by atoms with E-state index in [-0.39, 0.29) is 23.5 Å². The third kappa shape index (κ3) is 5.98. The number of rotatable bonds is 8. The molecular weight excluding hydrogens is 446 g/mol. The van der Waals surface area contributed by atoms with E-state index in [1.807, 2.05) is 31.2 Å². The summed E-state index contributed by atoms with van der Waals surface area (Å²) in [6.07, 6.45) is 5.14. The zero-order valence-corrected chi connectivity index (χ0v) is 20.0. The third-order valence-corrected chi connectivity index (χ3v) is 6.38. The van der Waals surface area contributed by atoms with Crippen LogP contribution in [0.25, 0.3) is 11.3 Å². The van der Waals surface area contributed by atoms with Crippen LogP contribution in [0.3, 0.4) is 0 Å². The van der Waals surface area contributed by atoms with Crippen molar-refractivity contribution < 1.29 is 18.8 Å². The number of hydrogen-bond acceptors (Lipinski definition) is 5. The number of aromatic nitrogens is 2. The maximum absolute atomic E-state index is 12.9. The van der Waals surface area contributed by atoms with Crippen LogP contribution in [-0.4, -0.2) is 41.0 Å². The first kappa shape index (κ1) is 24.3. The standard InChI is InChI=1S/C26H31N5O4/c1-16-13-20(31-30-16)24(32)28-15-17-7-6-10-19(14-17)21-11-12-22(35-21)25(33)29-23(26(34)27-2)18-8-4-3-5-9-18/h6-7,10-14,18,23H,3-5,8-9,15H2,1-2H3,(H,27,34)(H,28,32)(H,29,33)(H,30,31). The number of H-pyrrole nitrogens is 1. The molecule has 1 fully saturated rings. The van der Waals surface area contributed by atoms with E-state index >= 15 is 0 Å². The molecule has 9 nitrogen and oxygen atoms in total. The van der Waals surface area contributed by atoms with E-state index in [2.05, 4.69) is 26.1 Å². The maximum atomic E-state index is 12.9. The highest BCUT2D eigenvalue weighted by Gasteiger charge is 2.31. The van der Waals surface area contributed by atoms with Crippen LogP contribution in [0.4, 0.5) is 0 Å². The first-order valence-corrected chi connectivity index (χ1v) is 12.0. The molecule has 2 heterocycles. The molecule has 4 rings (SSSR count). The van der Waals surface area contributed by atoms with Crippen molar-refractivity contribution in [2.75, 3.05) is 7.05 Å². The molecule has 3 amide bonds. The Bertz CT molecular complexity index is 1190. The highest BCUT2D eigenvalue weighted by atomic mass is 16.4. The topological polar surface area (TPSA) is 129 Å². The molecular formula is C26H31N5O4. The number of benzene rings is 1. The zero-order chi connectivity index (χ0) is 24.8. The Morgan fingerprint density at radius 2 is 1.89 bits per heavy atom. The van der Waals surface area contributed by atoms with Gasteiger partial charge >= 0.3 is 0 Å². The molecule has 1 unspecified atom stereocenters. The summed E-state index contributed by atoms with van der Waals surface area (Å²) in [6.45, 7) is 2.14. The Kier molecular flexibility index (Phi) is 7.64. The number of aryl methyl sites for hydroxylation is 1. The molecule has 0 radical (unpaired) electrons. The fourth-order valence-electron chi connectivity index (χ4n) is 4.50. The first-order chi connectivity index (χ1) is 16.9. The van der Waals surface area contributed by atoms with Gasteiger partial charge in [0.25, 0.3) is 11.8 Å². The van der Waals surface area contributed by atoms with Crippen molar-refractivity contribution in [3.63, 3.8) is 0 Å². The average molecular weight is 478 g/mol. The molecule has 1 saturated carbocycles. The van der Waals surface area contributed by atoms with Gasteiger partial charge in [-0.25, -0.2) is 0 Å². The quantitative estimate of drug-likeness (QED) is 0.396. The fourth-order valence-corrected chi connectivity index (χ4v) is 4.50. The van der Waals surface area contributed by atoms with Gasteiger partial charge in [0.15, 0.2) is 5.76 Å². The second kappa shape index (κ2) is 11.0. The van der Waals surface area contributed by atoms with Crippen LogP contribution in [-0.2, 0) is 11.3 Å². The van der Waals surface area contributed by atoms with Crippen molar-refractivity contribution in [1.82, 2.24) is 26.1 Å². The number of carbonyl (C=O) groups is 3. The summed E-state index contributed by atoms with van der Waals surface area (Å²) in [5.41, 5.74) is 2.81. The monoisotopic (exact) mass is 477 g/mol. The second-order valence-corrected chi connectivity index (χ2v) is 8.93. The smallest absolute Gasteiger partial charge is 0.287 e. The van der Waals surface area contributed by atoms with Gasteiger partial charge in [0.1, 0.15) is 17.5 Å². The summed E-state index contributed by atoms with van der Waals surface area (Å²) in [7, 11) is 1.58. The van der Waals surface area contributed by atoms with E-state index < -0.39 is 11.9 Å². The summed E-state index contributed by atoms with van der Waals surface area (Å²) < 4.78 is 5.84. The van der Waals surface area contributed by atoms with Gasteiger partial charge in [-0.1, -0.05) is 37.5 Å². The molecule has 2 aromatic heterocycles. The molecule has 35 heavy (non-hydrogen) atoms. The van der Waals surface area contributed by atoms with Crippen LogP contribution in [0.2, 0.25) is 0 Å². The summed E-state index contributed by atoms with van der Waals surface area (Å²) in [6, 6.07) is 12.0. The third-order valence-electron chi connectivity index (χ3n) is 6.38. The molecule has 0 spiro atoms. The van der Waals surface area contributed by atoms with Crippen LogP contribution >= 0.6 is 0 Å². The van der Waals surface area contributed by atoms with Gasteiger partial charge in [0.2, 0.25) is 5.91 Å². The lowest BCUT2D eigenvalue weighted by Crippen LogP contribution is -2.50. The average Bonchev–Trinajstić information content (AvgIpc) is 3.56. The fraction of sp³-hybridized carbons (Fsp3) is 0.385. The molecule has 4 N–H and O–H groups in total. The van der Waals surface area contributed by atoms with Crippen molar-refractivity contribution in [1.29, 1.82) is 0 Å². The van der Waals surface area contributed by atoms with Gasteiger partial charge in [-0.3, -0.25) is 19.5 Å². The minimum absolute atomic E-state index is 0.125. The van der Waals surface area contributed by atoms with Crippen LogP contribution in [0.15, 0.2) is 46.9 Å². The Morgan fingerprint density at radius 3 is 2.60 bits per heavy atom. The van der Waals surface area contributed by atoms with E-state index in [9.17, 15) is 14.4 Å². The maximum Gasteiger partial charge on any atom is 0.287 e. The summed E-state index contributed by atoms with van der Waals surface area (Å²) in [5.74, 6) is -0.0262. The van der Waals surface area contributed by atoms with Gasteiger partial charge in [-0.15, -0.1) is 0 Å². The van der Waals surface area contributed by atoms with Crippen molar-refractivity contribution in [3.8, 4) is 11.3 Å². The van der Waals surface area contributed by atoms with Crippen LogP contribution in [0, 0.1) is 12.8 Å². The number of aromatic amines is 1. The lowest BCUT2D eigenvalue weighted by atomic mass is 9.83. The first-order valence-electron chi connectivity index (χ1n) is 12.0. The van der Waals surface area contributed by atoms with E-state index in [1.165, 1.54) is 0 Å². The Labute approximate surface area is 204 Å². The Morgan fingerprint density at radius 1 is 1.09 bits per heavy atom. The largest absolute Gasteiger partial charge is 0.451 e. The molecule has 9 heteroatoms. The van der Waals surface area contributed by atoms with Crippen molar-refractivity contribution in [2.45, 2.75) is 51.6 Å². The van der Waals surface area contributed by atoms with Gasteiger partial charge in [0.05, 0.1) is 5.69 Å². The minimum Gasteiger partial charge on any atom is -0.451 e. The van der Waals surface area contributed by atoms with E-state index in [4.69, 9.17) is 4.42 Å². The SMILES string of the molecule is CNC(=O)C(NC(=O)c1ccc(-c2cccc(CNC(=O)c3cc(C)n[nH]3)c2)o1)C1CCCCC1. The normalized spacial score (nSPS) is 14.8. The molecule has 1 aromatic carbocycles. The number of carbonyl (C=O) groups excluding carboxylic acids is 3. The van der Waals surface area contributed by atoms with Gasteiger partial charge in [-0.05, 0) is 55.5 Å². The zero-order valence-electron chi connectivity index (χ0n) is 20.0. The molecule has 0 bridgehead atoms. The summed E-state index contributed by atoms with van der Waals surface area (Å²) in [5, 5.41) is 15.1. The Hall–Kier alpha value is -3.88. The van der Waals surface area contributed by atoms with E-state index in [0.717, 1.165) is 48.9 Å². The molecule has 1 atom stereocenters. The van der Waals surface area contributed by atoms with Gasteiger partial charge in [-0.2, -0.15) is 5.10 Å². The molecule has 3 aromatic rings. The van der Waals surface area contributed by atoms with Crippen molar-refractivity contribution in [2.24, 2.45) is 5.92 Å². The number of nitrogens with one attached hydrogen (secondary N) is 4. The Balaban J connectivity index is 1.41. The highest BCUT2D eigenvalue weighted by molar-refractivity contribution is 5.96. The number of amides is 3. The van der Waals surface area contributed by atoms with E-state index in [1.54, 1.807) is 25.2 Å². The van der Waals surface area contributed by atoms with Gasteiger partial charge < -0.3 is 20.4 Å². The predicted octanol–water partition coefficient (Wildman–Crippen LogP) is 3.33. The number of furan rings is 1. The summed E-state index contributed by atoms with van der Waals surface area (Å²) >= 11 is 0. The molecule has 1 aliphatic carbocycles. The second-order valence-electron chi connectivity index (χ2n) is 8.93. The lowest BCUT2D eigenvalue weighted by molar-refractivity contribution is -0.124. The number of hydrogen-bond donors (Lipinski definition) is 4. The summed E-state index contributed by atoms with van der Waals surface area (Å²) in [4.78, 5) is 37.6. The van der Waals surface area contributed by atoms with Crippen molar-refractivity contribution >= 4 is 17.7 Å². The van der Waals surface area contributed by atoms with Crippen LogP contribution in [0.5, 0.6) is 0 Å². The number of likely N-dealkylation sites (N-methyl/N-ethyl adjacent to an activating group) is 1. The minimum atomic E-state index is -0.577. The molecule has 1 aliphatic rings. The number of nitrogens with zero attached hydrogens (tertiary/aromatic N) is 1.